The Balaban J connectivity index is 2.28. The molecule has 1 aliphatic heterocycles. The molecule has 3 rings (SSSR count). The van der Waals surface area contributed by atoms with Gasteiger partial charge in [-0.1, -0.05) is 13.3 Å². The summed E-state index contributed by atoms with van der Waals surface area (Å²) < 4.78 is 13.0. The molecule has 6 nitrogen and oxygen atoms in total. The average molecular weight is 358 g/mol. The fraction of sp³-hybridized carbons (Fsp3) is 0.500. The zero-order chi connectivity index (χ0) is 19.1. The number of ether oxygens (including phenoxy) is 2. The summed E-state index contributed by atoms with van der Waals surface area (Å²) in [6.45, 7) is 8.14. The maximum absolute atomic E-state index is 13.2. The van der Waals surface area contributed by atoms with Crippen LogP contribution in [0.2, 0.25) is 0 Å². The Morgan fingerprint density at radius 2 is 2.12 bits per heavy atom. The van der Waals surface area contributed by atoms with Gasteiger partial charge in [-0.2, -0.15) is 0 Å². The molecule has 0 aliphatic carbocycles. The van der Waals surface area contributed by atoms with Gasteiger partial charge in [0.25, 0.3) is 11.5 Å². The second kappa shape index (κ2) is 6.67. The highest BCUT2D eigenvalue weighted by Gasteiger charge is 2.29. The van der Waals surface area contributed by atoms with E-state index in [1.165, 1.54) is 0 Å². The molecule has 2 aromatic rings. The van der Waals surface area contributed by atoms with Crippen LogP contribution < -0.4 is 20.3 Å². The van der Waals surface area contributed by atoms with E-state index in [1.807, 2.05) is 26.8 Å². The standard InChI is InChI=1S/C20H26N2O4/c1-6-7-13-11-26-17-15(25-5)9-8-12-10-14(18(23)21-20(2,3)4)19(24)22(13)16(12)17/h8-10,13H,6-7,11H2,1-5H3,(H,21,23). The highest BCUT2D eigenvalue weighted by atomic mass is 16.5. The Bertz CT molecular complexity index is 909. The molecule has 140 valence electrons. The van der Waals surface area contributed by atoms with E-state index in [4.69, 9.17) is 9.47 Å². The summed E-state index contributed by atoms with van der Waals surface area (Å²) in [5, 5.41) is 3.68. The van der Waals surface area contributed by atoms with Crippen LogP contribution >= 0.6 is 0 Å². The number of rotatable bonds is 4. The molecule has 1 aliphatic rings. The van der Waals surface area contributed by atoms with E-state index in [0.29, 0.717) is 23.6 Å². The first kappa shape index (κ1) is 18.3. The average Bonchev–Trinajstić information content (AvgIpc) is 2.57. The van der Waals surface area contributed by atoms with Crippen molar-refractivity contribution in [3.63, 3.8) is 0 Å². The van der Waals surface area contributed by atoms with Crippen LogP contribution in [0.4, 0.5) is 0 Å². The van der Waals surface area contributed by atoms with Crippen molar-refractivity contribution in [3.05, 3.63) is 34.1 Å². The Kier molecular flexibility index (Phi) is 4.69. The summed E-state index contributed by atoms with van der Waals surface area (Å²) in [4.78, 5) is 25.9. The van der Waals surface area contributed by atoms with Crippen molar-refractivity contribution in [1.82, 2.24) is 9.88 Å². The zero-order valence-electron chi connectivity index (χ0n) is 16.0. The number of nitrogens with zero attached hydrogens (tertiary/aromatic N) is 1. The fourth-order valence-corrected chi connectivity index (χ4v) is 3.40. The van der Waals surface area contributed by atoms with Crippen molar-refractivity contribution in [1.29, 1.82) is 0 Å². The lowest BCUT2D eigenvalue weighted by molar-refractivity contribution is 0.0916. The first-order valence-electron chi connectivity index (χ1n) is 8.98. The number of hydrogen-bond donors (Lipinski definition) is 1. The Labute approximate surface area is 153 Å². The van der Waals surface area contributed by atoms with Gasteiger partial charge < -0.3 is 14.8 Å². The van der Waals surface area contributed by atoms with Crippen LogP contribution in [0.25, 0.3) is 10.9 Å². The second-order valence-corrected chi connectivity index (χ2v) is 7.73. The minimum absolute atomic E-state index is 0.100. The van der Waals surface area contributed by atoms with Crippen LogP contribution in [0.15, 0.2) is 23.0 Å². The van der Waals surface area contributed by atoms with Gasteiger partial charge in [-0.25, -0.2) is 0 Å². The maximum atomic E-state index is 13.2. The van der Waals surface area contributed by atoms with Crippen LogP contribution in [-0.4, -0.2) is 29.7 Å². The topological polar surface area (TPSA) is 69.6 Å². The highest BCUT2D eigenvalue weighted by molar-refractivity contribution is 5.99. The van der Waals surface area contributed by atoms with Crippen molar-refractivity contribution in [3.8, 4) is 11.5 Å². The molecule has 1 unspecified atom stereocenters. The van der Waals surface area contributed by atoms with Crippen molar-refractivity contribution in [2.24, 2.45) is 0 Å². The molecule has 0 fully saturated rings. The molecule has 1 N–H and O–H groups in total. The fourth-order valence-electron chi connectivity index (χ4n) is 3.40. The molecule has 1 aromatic carbocycles. The van der Waals surface area contributed by atoms with Gasteiger partial charge in [-0.3, -0.25) is 14.2 Å². The molecule has 2 heterocycles. The predicted molar refractivity (Wildman–Crippen MR) is 101 cm³/mol. The van der Waals surface area contributed by atoms with Gasteiger partial charge in [0.05, 0.1) is 18.7 Å². The maximum Gasteiger partial charge on any atom is 0.264 e. The Morgan fingerprint density at radius 3 is 2.73 bits per heavy atom. The van der Waals surface area contributed by atoms with Crippen molar-refractivity contribution >= 4 is 16.8 Å². The number of nitrogens with one attached hydrogen (secondary N) is 1. The number of aromatic nitrogens is 1. The van der Waals surface area contributed by atoms with Crippen LogP contribution in [-0.2, 0) is 0 Å². The highest BCUT2D eigenvalue weighted by Crippen LogP contribution is 2.40. The van der Waals surface area contributed by atoms with Crippen LogP contribution in [0, 0.1) is 0 Å². The van der Waals surface area contributed by atoms with Gasteiger partial charge in [0.2, 0.25) is 0 Å². The molecule has 0 bridgehead atoms. The molecule has 0 saturated carbocycles. The summed E-state index contributed by atoms with van der Waals surface area (Å²) in [6, 6.07) is 5.21. The number of amides is 1. The van der Waals surface area contributed by atoms with Crippen molar-refractivity contribution in [2.45, 2.75) is 52.1 Å². The Hall–Kier alpha value is -2.50. The van der Waals surface area contributed by atoms with Gasteiger partial charge in [0.1, 0.15) is 12.2 Å². The van der Waals surface area contributed by atoms with E-state index in [2.05, 4.69) is 12.2 Å². The number of carbonyl (C=O) groups excluding carboxylic acids is 1. The van der Waals surface area contributed by atoms with Gasteiger partial charge in [-0.15, -0.1) is 0 Å². The second-order valence-electron chi connectivity index (χ2n) is 7.73. The van der Waals surface area contributed by atoms with Crippen molar-refractivity contribution < 1.29 is 14.3 Å². The number of hydrogen-bond acceptors (Lipinski definition) is 4. The van der Waals surface area contributed by atoms with E-state index in [-0.39, 0.29) is 23.1 Å². The summed E-state index contributed by atoms with van der Waals surface area (Å²) >= 11 is 0. The zero-order valence-corrected chi connectivity index (χ0v) is 16.0. The first-order chi connectivity index (χ1) is 12.3. The van der Waals surface area contributed by atoms with Gasteiger partial charge in [0, 0.05) is 10.9 Å². The molecular formula is C20H26N2O4. The predicted octanol–water partition coefficient (Wildman–Crippen LogP) is 3.27. The van der Waals surface area contributed by atoms with Crippen LogP contribution in [0.5, 0.6) is 11.5 Å². The molecule has 1 aromatic heterocycles. The number of pyridine rings is 1. The van der Waals surface area contributed by atoms with Crippen molar-refractivity contribution in [2.75, 3.05) is 13.7 Å². The van der Waals surface area contributed by atoms with Crippen LogP contribution in [0.3, 0.4) is 0 Å². The molecule has 1 amide bonds. The van der Waals surface area contributed by atoms with E-state index in [9.17, 15) is 9.59 Å². The lowest BCUT2D eigenvalue weighted by Gasteiger charge is -2.30. The van der Waals surface area contributed by atoms with Gasteiger partial charge in [-0.05, 0) is 45.4 Å². The number of carbonyl (C=O) groups is 1. The smallest absolute Gasteiger partial charge is 0.264 e. The molecular weight excluding hydrogens is 332 g/mol. The van der Waals surface area contributed by atoms with Gasteiger partial charge >= 0.3 is 0 Å². The molecule has 0 spiro atoms. The molecule has 0 saturated heterocycles. The number of benzene rings is 1. The minimum atomic E-state index is -0.419. The van der Waals surface area contributed by atoms with E-state index in [0.717, 1.165) is 18.2 Å². The molecule has 6 heteroatoms. The Morgan fingerprint density at radius 1 is 1.38 bits per heavy atom. The largest absolute Gasteiger partial charge is 0.493 e. The van der Waals surface area contributed by atoms with Crippen LogP contribution in [0.1, 0.15) is 56.9 Å². The summed E-state index contributed by atoms with van der Waals surface area (Å²) in [5.74, 6) is 0.803. The SMILES string of the molecule is CCCC1COc2c(OC)ccc3cc(C(=O)NC(C)(C)C)c(=O)n1c23. The monoisotopic (exact) mass is 358 g/mol. The normalized spacial score (nSPS) is 16.3. The summed E-state index contributed by atoms with van der Waals surface area (Å²) in [6.07, 6.45) is 1.72. The number of methoxy groups -OCH3 is 1. The molecule has 0 radical (unpaired) electrons. The van der Waals surface area contributed by atoms with E-state index >= 15 is 0 Å². The summed E-state index contributed by atoms with van der Waals surface area (Å²) in [7, 11) is 1.58. The molecule has 1 atom stereocenters. The van der Waals surface area contributed by atoms with Gasteiger partial charge in [0.15, 0.2) is 11.5 Å². The third-order valence-corrected chi connectivity index (χ3v) is 4.48. The molecule has 26 heavy (non-hydrogen) atoms. The first-order valence-corrected chi connectivity index (χ1v) is 8.98. The third-order valence-electron chi connectivity index (χ3n) is 4.48. The lowest BCUT2D eigenvalue weighted by atomic mass is 10.0. The summed E-state index contributed by atoms with van der Waals surface area (Å²) in [5.41, 5.74) is 0.158. The minimum Gasteiger partial charge on any atom is -0.493 e. The van der Waals surface area contributed by atoms with E-state index in [1.54, 1.807) is 23.8 Å². The third kappa shape index (κ3) is 3.16. The lowest BCUT2D eigenvalue weighted by Crippen LogP contribution is -2.44. The van der Waals surface area contributed by atoms with E-state index < -0.39 is 5.54 Å². The quantitative estimate of drug-likeness (QED) is 0.911.